The smallest absolute Gasteiger partial charge is 0.319 e. The van der Waals surface area contributed by atoms with Gasteiger partial charge in [-0.1, -0.05) is 12.1 Å². The van der Waals surface area contributed by atoms with Crippen LogP contribution in [0.25, 0.3) is 0 Å². The predicted molar refractivity (Wildman–Crippen MR) is 77.8 cm³/mol. The maximum Gasteiger partial charge on any atom is 0.319 e. The Morgan fingerprint density at radius 1 is 1.24 bits per heavy atom. The first-order valence-corrected chi connectivity index (χ1v) is 6.31. The van der Waals surface area contributed by atoms with Gasteiger partial charge in [-0.3, -0.25) is 0 Å². The van der Waals surface area contributed by atoms with Crippen molar-refractivity contribution in [1.29, 1.82) is 0 Å². The lowest BCUT2D eigenvalue weighted by molar-refractivity contribution is 0.251. The van der Waals surface area contributed by atoms with E-state index in [1.54, 1.807) is 12.1 Å². The van der Waals surface area contributed by atoms with Gasteiger partial charge in [0.1, 0.15) is 11.6 Å². The van der Waals surface area contributed by atoms with Crippen LogP contribution in [0.5, 0.6) is 0 Å². The lowest BCUT2D eigenvalue weighted by atomic mass is 10.1. The summed E-state index contributed by atoms with van der Waals surface area (Å²) < 4.78 is 26.1. The van der Waals surface area contributed by atoms with Crippen LogP contribution in [0, 0.1) is 18.6 Å². The van der Waals surface area contributed by atoms with Crippen molar-refractivity contribution in [1.82, 2.24) is 5.32 Å². The third-order valence-electron chi connectivity index (χ3n) is 3.11. The van der Waals surface area contributed by atoms with Crippen molar-refractivity contribution in [2.75, 3.05) is 11.1 Å². The third kappa shape index (κ3) is 3.68. The molecule has 0 saturated heterocycles. The van der Waals surface area contributed by atoms with Crippen molar-refractivity contribution >= 4 is 17.4 Å². The Hall–Kier alpha value is -2.63. The van der Waals surface area contributed by atoms with E-state index in [9.17, 15) is 13.6 Å². The second-order valence-corrected chi connectivity index (χ2v) is 4.56. The number of urea groups is 1. The number of hydrogen-bond acceptors (Lipinski definition) is 2. The first-order valence-electron chi connectivity index (χ1n) is 6.31. The lowest BCUT2D eigenvalue weighted by Crippen LogP contribution is -2.28. The van der Waals surface area contributed by atoms with Gasteiger partial charge in [0.2, 0.25) is 0 Å². The van der Waals surface area contributed by atoms with Gasteiger partial charge in [0, 0.05) is 18.3 Å². The number of carbonyl (C=O) groups is 1. The molecule has 6 heteroatoms. The van der Waals surface area contributed by atoms with Crippen LogP contribution < -0.4 is 16.4 Å². The summed E-state index contributed by atoms with van der Waals surface area (Å²) in [4.78, 5) is 11.7. The Morgan fingerprint density at radius 3 is 2.71 bits per heavy atom. The maximum absolute atomic E-state index is 13.4. The van der Waals surface area contributed by atoms with Crippen molar-refractivity contribution in [2.45, 2.75) is 13.5 Å². The Bertz CT molecular complexity index is 674. The molecule has 0 heterocycles. The van der Waals surface area contributed by atoms with Crippen LogP contribution in [-0.2, 0) is 6.54 Å². The molecule has 0 aliphatic heterocycles. The van der Waals surface area contributed by atoms with E-state index in [0.717, 1.165) is 23.3 Å². The molecule has 4 nitrogen and oxygen atoms in total. The van der Waals surface area contributed by atoms with Gasteiger partial charge in [0.15, 0.2) is 0 Å². The normalized spacial score (nSPS) is 10.2. The van der Waals surface area contributed by atoms with E-state index in [0.29, 0.717) is 11.8 Å². The highest BCUT2D eigenvalue weighted by atomic mass is 19.1. The largest absolute Gasteiger partial charge is 0.399 e. The molecule has 4 N–H and O–H groups in total. The molecule has 0 saturated carbocycles. The highest BCUT2D eigenvalue weighted by Gasteiger charge is 2.08. The molecule has 2 aromatic carbocycles. The van der Waals surface area contributed by atoms with Gasteiger partial charge in [-0.15, -0.1) is 0 Å². The molecule has 0 atom stereocenters. The van der Waals surface area contributed by atoms with E-state index < -0.39 is 17.7 Å². The van der Waals surface area contributed by atoms with E-state index in [4.69, 9.17) is 5.73 Å². The monoisotopic (exact) mass is 291 g/mol. The van der Waals surface area contributed by atoms with E-state index in [-0.39, 0.29) is 12.2 Å². The number of halogens is 2. The number of anilines is 2. The zero-order valence-corrected chi connectivity index (χ0v) is 11.4. The van der Waals surface area contributed by atoms with Crippen molar-refractivity contribution in [2.24, 2.45) is 0 Å². The summed E-state index contributed by atoms with van der Waals surface area (Å²) in [7, 11) is 0. The van der Waals surface area contributed by atoms with Crippen LogP contribution in [0.1, 0.15) is 11.1 Å². The molecule has 110 valence electrons. The summed E-state index contributed by atoms with van der Waals surface area (Å²) in [5.41, 5.74) is 8.07. The molecular weight excluding hydrogens is 276 g/mol. The van der Waals surface area contributed by atoms with Gasteiger partial charge in [0.05, 0.1) is 5.69 Å². The first kappa shape index (κ1) is 14.8. The Labute approximate surface area is 121 Å². The zero-order chi connectivity index (χ0) is 15.4. The number of benzene rings is 2. The third-order valence-corrected chi connectivity index (χ3v) is 3.11. The van der Waals surface area contributed by atoms with E-state index in [1.165, 1.54) is 0 Å². The molecule has 2 aromatic rings. The first-order chi connectivity index (χ1) is 9.97. The van der Waals surface area contributed by atoms with Crippen molar-refractivity contribution < 1.29 is 13.6 Å². The number of rotatable bonds is 3. The SMILES string of the molecule is Cc1c(N)cccc1CNC(=O)Nc1ccc(F)cc1F. The number of carbonyl (C=O) groups excluding carboxylic acids is 1. The van der Waals surface area contributed by atoms with Gasteiger partial charge in [0.25, 0.3) is 0 Å². The molecule has 0 bridgehead atoms. The maximum atomic E-state index is 13.4. The van der Waals surface area contributed by atoms with Gasteiger partial charge < -0.3 is 16.4 Å². The summed E-state index contributed by atoms with van der Waals surface area (Å²) in [6.45, 7) is 2.11. The summed E-state index contributed by atoms with van der Waals surface area (Å²) in [5, 5.41) is 4.91. The Balaban J connectivity index is 1.97. The second kappa shape index (κ2) is 6.21. The minimum atomic E-state index is -0.828. The van der Waals surface area contributed by atoms with Crippen LogP contribution in [0.3, 0.4) is 0 Å². The number of nitrogen functional groups attached to an aromatic ring is 1. The molecule has 0 unspecified atom stereocenters. The fourth-order valence-corrected chi connectivity index (χ4v) is 1.83. The summed E-state index contributed by atoms with van der Waals surface area (Å²) in [6, 6.07) is 7.75. The average Bonchev–Trinajstić information content (AvgIpc) is 2.43. The molecule has 0 aromatic heterocycles. The topological polar surface area (TPSA) is 67.1 Å². The summed E-state index contributed by atoms with van der Waals surface area (Å²) in [6.07, 6.45) is 0. The minimum absolute atomic E-state index is 0.0850. The van der Waals surface area contributed by atoms with Crippen LogP contribution in [0.15, 0.2) is 36.4 Å². The molecule has 0 aliphatic carbocycles. The standard InChI is InChI=1S/C15H15F2N3O/c1-9-10(3-2-4-13(9)18)8-19-15(21)20-14-6-5-11(16)7-12(14)17/h2-7H,8,18H2,1H3,(H2,19,20,21). The molecule has 0 radical (unpaired) electrons. The molecule has 0 aliphatic rings. The van der Waals surface area contributed by atoms with Crippen molar-refractivity contribution in [3.05, 3.63) is 59.2 Å². The van der Waals surface area contributed by atoms with Gasteiger partial charge in [-0.2, -0.15) is 0 Å². The van der Waals surface area contributed by atoms with Crippen molar-refractivity contribution in [3.63, 3.8) is 0 Å². The zero-order valence-electron chi connectivity index (χ0n) is 11.4. The van der Waals surface area contributed by atoms with Crippen LogP contribution in [0.4, 0.5) is 25.0 Å². The van der Waals surface area contributed by atoms with Crippen molar-refractivity contribution in [3.8, 4) is 0 Å². The second-order valence-electron chi connectivity index (χ2n) is 4.56. The van der Waals surface area contributed by atoms with E-state index >= 15 is 0 Å². The van der Waals surface area contributed by atoms with Crippen LogP contribution in [-0.4, -0.2) is 6.03 Å². The Kier molecular flexibility index (Phi) is 4.37. The quantitative estimate of drug-likeness (QED) is 0.760. The van der Waals surface area contributed by atoms with E-state index in [1.807, 2.05) is 13.0 Å². The molecule has 2 amide bonds. The average molecular weight is 291 g/mol. The van der Waals surface area contributed by atoms with Crippen LogP contribution in [0.2, 0.25) is 0 Å². The number of amides is 2. The fraction of sp³-hybridized carbons (Fsp3) is 0.133. The van der Waals surface area contributed by atoms with Gasteiger partial charge in [-0.25, -0.2) is 13.6 Å². The van der Waals surface area contributed by atoms with Gasteiger partial charge in [-0.05, 0) is 36.2 Å². The molecular formula is C15H15F2N3O. The molecule has 0 spiro atoms. The molecule has 21 heavy (non-hydrogen) atoms. The lowest BCUT2D eigenvalue weighted by Gasteiger charge is -2.11. The summed E-state index contributed by atoms with van der Waals surface area (Å²) >= 11 is 0. The highest BCUT2D eigenvalue weighted by molar-refractivity contribution is 5.89. The Morgan fingerprint density at radius 2 is 2.00 bits per heavy atom. The minimum Gasteiger partial charge on any atom is -0.399 e. The van der Waals surface area contributed by atoms with E-state index in [2.05, 4.69) is 10.6 Å². The van der Waals surface area contributed by atoms with Crippen LogP contribution >= 0.6 is 0 Å². The summed E-state index contributed by atoms with van der Waals surface area (Å²) in [5.74, 6) is -1.53. The molecule has 2 rings (SSSR count). The van der Waals surface area contributed by atoms with Gasteiger partial charge >= 0.3 is 6.03 Å². The number of nitrogens with one attached hydrogen (secondary N) is 2. The fourth-order valence-electron chi connectivity index (χ4n) is 1.83. The number of nitrogens with two attached hydrogens (primary N) is 1. The predicted octanol–water partition coefficient (Wildman–Crippen LogP) is 3.18. The highest BCUT2D eigenvalue weighted by Crippen LogP contribution is 2.16. The number of hydrogen-bond donors (Lipinski definition) is 3. The molecule has 0 fully saturated rings.